The molecule has 1 aromatic rings. The van der Waals surface area contributed by atoms with Crippen LogP contribution in [-0.2, 0) is 9.47 Å². The van der Waals surface area contributed by atoms with Crippen LogP contribution in [0.3, 0.4) is 0 Å². The molecule has 24 heavy (non-hydrogen) atoms. The van der Waals surface area contributed by atoms with Gasteiger partial charge in [-0.05, 0) is 78.6 Å². The lowest BCUT2D eigenvalue weighted by Crippen LogP contribution is -2.44. The minimum absolute atomic E-state index is 0.394. The van der Waals surface area contributed by atoms with Gasteiger partial charge >= 0.3 is 12.2 Å². The van der Waals surface area contributed by atoms with Crippen molar-refractivity contribution in [2.24, 2.45) is 0 Å². The number of amides is 2. The Labute approximate surface area is 143 Å². The first kappa shape index (κ1) is 19.8. The Balaban J connectivity index is 3.36. The summed E-state index contributed by atoms with van der Waals surface area (Å²) in [6, 6.07) is 3.27. The molecule has 2 amide bonds. The lowest BCUT2D eigenvalue weighted by molar-refractivity contribution is 0.0430. The zero-order valence-electron chi connectivity index (χ0n) is 15.8. The highest BCUT2D eigenvalue weighted by Crippen LogP contribution is 2.29. The maximum absolute atomic E-state index is 12.6. The Kier molecular flexibility index (Phi) is 5.54. The van der Waals surface area contributed by atoms with E-state index < -0.39 is 23.4 Å². The molecule has 1 rings (SSSR count). The molecule has 134 valence electrons. The van der Waals surface area contributed by atoms with Gasteiger partial charge in [-0.15, -0.1) is 0 Å². The predicted molar refractivity (Wildman–Crippen MR) is 95.3 cm³/mol. The molecule has 0 saturated carbocycles. The van der Waals surface area contributed by atoms with Crippen molar-refractivity contribution in [3.63, 3.8) is 0 Å². The van der Waals surface area contributed by atoms with Crippen molar-refractivity contribution in [2.45, 2.75) is 66.6 Å². The largest absolute Gasteiger partial charge is 0.443 e. The molecule has 0 aliphatic heterocycles. The number of rotatable bonds is 1. The molecule has 0 radical (unpaired) electrons. The van der Waals surface area contributed by atoms with E-state index in [9.17, 15) is 9.59 Å². The number of nitrogen functional groups attached to an aromatic ring is 1. The third kappa shape index (κ3) is 5.15. The SMILES string of the molecule is Cc1c(N)ccc(N(C(=O)OC(C)(C)C)C(=O)OC(C)(C)C)c1C. The van der Waals surface area contributed by atoms with Gasteiger partial charge in [0.1, 0.15) is 11.2 Å². The minimum Gasteiger partial charge on any atom is -0.443 e. The van der Waals surface area contributed by atoms with E-state index in [0.717, 1.165) is 10.5 Å². The van der Waals surface area contributed by atoms with Crippen LogP contribution in [0, 0.1) is 13.8 Å². The maximum atomic E-state index is 12.6. The summed E-state index contributed by atoms with van der Waals surface area (Å²) >= 11 is 0. The third-order valence-electron chi connectivity index (χ3n) is 3.19. The molecule has 0 fully saturated rings. The number of imide groups is 1. The van der Waals surface area contributed by atoms with E-state index in [0.29, 0.717) is 16.9 Å². The van der Waals surface area contributed by atoms with Gasteiger partial charge in [-0.25, -0.2) is 9.59 Å². The van der Waals surface area contributed by atoms with Crippen molar-refractivity contribution in [1.82, 2.24) is 0 Å². The van der Waals surface area contributed by atoms with Gasteiger partial charge in [-0.3, -0.25) is 0 Å². The monoisotopic (exact) mass is 336 g/mol. The molecular formula is C18H28N2O4. The van der Waals surface area contributed by atoms with E-state index in [1.807, 2.05) is 6.92 Å². The van der Waals surface area contributed by atoms with E-state index in [2.05, 4.69) is 0 Å². The van der Waals surface area contributed by atoms with Crippen LogP contribution in [0.5, 0.6) is 0 Å². The second-order valence-electron chi connectivity index (χ2n) is 7.72. The van der Waals surface area contributed by atoms with Crippen molar-refractivity contribution in [1.29, 1.82) is 0 Å². The van der Waals surface area contributed by atoms with Crippen LogP contribution >= 0.6 is 0 Å². The van der Waals surface area contributed by atoms with Crippen molar-refractivity contribution < 1.29 is 19.1 Å². The number of carbonyl (C=O) groups is 2. The molecule has 6 heteroatoms. The van der Waals surface area contributed by atoms with Gasteiger partial charge in [0.2, 0.25) is 0 Å². The standard InChI is InChI=1S/C18H28N2O4/c1-11-12(2)14(10-9-13(11)19)20(15(21)23-17(3,4)5)16(22)24-18(6,7)8/h9-10H,19H2,1-8H3. The lowest BCUT2D eigenvalue weighted by Gasteiger charge is -2.29. The Morgan fingerprint density at radius 3 is 1.67 bits per heavy atom. The molecule has 6 nitrogen and oxygen atoms in total. The highest BCUT2D eigenvalue weighted by molar-refractivity contribution is 6.10. The highest BCUT2D eigenvalue weighted by Gasteiger charge is 2.33. The fourth-order valence-electron chi connectivity index (χ4n) is 1.96. The molecule has 0 saturated heterocycles. The van der Waals surface area contributed by atoms with E-state index in [-0.39, 0.29) is 0 Å². The Morgan fingerprint density at radius 1 is 0.875 bits per heavy atom. The Hall–Kier alpha value is -2.24. The summed E-state index contributed by atoms with van der Waals surface area (Å²) in [7, 11) is 0. The average molecular weight is 336 g/mol. The first-order chi connectivity index (χ1) is 10.7. The molecule has 0 bridgehead atoms. The molecule has 0 heterocycles. The summed E-state index contributed by atoms with van der Waals surface area (Å²) in [5.74, 6) is 0. The number of hydrogen-bond acceptors (Lipinski definition) is 5. The molecule has 0 aromatic heterocycles. The summed E-state index contributed by atoms with van der Waals surface area (Å²) < 4.78 is 10.7. The molecule has 0 atom stereocenters. The van der Waals surface area contributed by atoms with Gasteiger partial charge in [0.15, 0.2) is 0 Å². The van der Waals surface area contributed by atoms with Gasteiger partial charge in [0.05, 0.1) is 5.69 Å². The number of anilines is 2. The quantitative estimate of drug-likeness (QED) is 0.760. The zero-order chi connectivity index (χ0) is 18.9. The van der Waals surface area contributed by atoms with Crippen molar-refractivity contribution in [3.05, 3.63) is 23.3 Å². The Morgan fingerprint density at radius 2 is 1.29 bits per heavy atom. The summed E-state index contributed by atoms with van der Waals surface area (Å²) in [5, 5.41) is 0. The number of carbonyl (C=O) groups excluding carboxylic acids is 2. The average Bonchev–Trinajstić information content (AvgIpc) is 2.35. The number of ether oxygens (including phenoxy) is 2. The fourth-order valence-corrected chi connectivity index (χ4v) is 1.96. The van der Waals surface area contributed by atoms with Crippen LogP contribution < -0.4 is 10.6 Å². The zero-order valence-corrected chi connectivity index (χ0v) is 15.8. The molecule has 0 unspecified atom stereocenters. The number of nitrogens with two attached hydrogens (primary N) is 1. The first-order valence-electron chi connectivity index (χ1n) is 7.84. The van der Waals surface area contributed by atoms with Crippen molar-refractivity contribution >= 4 is 23.6 Å². The third-order valence-corrected chi connectivity index (χ3v) is 3.19. The first-order valence-corrected chi connectivity index (χ1v) is 7.84. The van der Waals surface area contributed by atoms with Gasteiger partial charge in [0.25, 0.3) is 0 Å². The fraction of sp³-hybridized carbons (Fsp3) is 0.556. The smallest absolute Gasteiger partial charge is 0.424 e. The van der Waals surface area contributed by atoms with Crippen LogP contribution in [0.25, 0.3) is 0 Å². The van der Waals surface area contributed by atoms with Crippen molar-refractivity contribution in [2.75, 3.05) is 10.6 Å². The van der Waals surface area contributed by atoms with Gasteiger partial charge < -0.3 is 15.2 Å². The van der Waals surface area contributed by atoms with Crippen LogP contribution in [0.15, 0.2) is 12.1 Å². The maximum Gasteiger partial charge on any atom is 0.424 e. The van der Waals surface area contributed by atoms with Gasteiger partial charge in [-0.1, -0.05) is 0 Å². The molecule has 2 N–H and O–H groups in total. The summed E-state index contributed by atoms with van der Waals surface area (Å²) in [6.45, 7) is 14.0. The van der Waals surface area contributed by atoms with Gasteiger partial charge in [0, 0.05) is 5.69 Å². The van der Waals surface area contributed by atoms with Crippen LogP contribution in [0.4, 0.5) is 21.0 Å². The highest BCUT2D eigenvalue weighted by atomic mass is 16.6. The molecule has 0 aliphatic carbocycles. The topological polar surface area (TPSA) is 81.9 Å². The molecule has 0 spiro atoms. The second kappa shape index (κ2) is 6.71. The molecule has 1 aromatic carbocycles. The minimum atomic E-state index is -0.788. The predicted octanol–water partition coefficient (Wildman–Crippen LogP) is 4.56. The normalized spacial score (nSPS) is 11.8. The number of nitrogens with zero attached hydrogens (tertiary/aromatic N) is 1. The van der Waals surface area contributed by atoms with E-state index in [1.54, 1.807) is 60.6 Å². The summed E-state index contributed by atoms with van der Waals surface area (Å²) in [6.07, 6.45) is -1.58. The van der Waals surface area contributed by atoms with Gasteiger partial charge in [-0.2, -0.15) is 4.90 Å². The van der Waals surface area contributed by atoms with E-state index >= 15 is 0 Å². The second-order valence-corrected chi connectivity index (χ2v) is 7.72. The lowest BCUT2D eigenvalue weighted by atomic mass is 10.1. The number of hydrogen-bond donors (Lipinski definition) is 1. The van der Waals surface area contributed by atoms with E-state index in [1.165, 1.54) is 0 Å². The van der Waals surface area contributed by atoms with Crippen LogP contribution in [0.2, 0.25) is 0 Å². The van der Waals surface area contributed by atoms with Crippen LogP contribution in [0.1, 0.15) is 52.7 Å². The van der Waals surface area contributed by atoms with E-state index in [4.69, 9.17) is 15.2 Å². The summed E-state index contributed by atoms with van der Waals surface area (Å²) in [5.41, 5.74) is 6.90. The summed E-state index contributed by atoms with van der Waals surface area (Å²) in [4.78, 5) is 26.1. The molecule has 0 aliphatic rings. The van der Waals surface area contributed by atoms with Crippen LogP contribution in [-0.4, -0.2) is 23.4 Å². The number of benzene rings is 1. The van der Waals surface area contributed by atoms with Crippen molar-refractivity contribution in [3.8, 4) is 0 Å². The molecular weight excluding hydrogens is 308 g/mol. The Bertz CT molecular complexity index is 612.